The summed E-state index contributed by atoms with van der Waals surface area (Å²) in [6, 6.07) is 0. The first-order chi connectivity index (χ1) is 15.1. The fraction of sp³-hybridized carbons (Fsp3) is 0.815. The van der Waals surface area contributed by atoms with Crippen molar-refractivity contribution in [2.24, 2.45) is 0 Å². The normalized spacial score (nSPS) is 20.4. The summed E-state index contributed by atoms with van der Waals surface area (Å²) in [4.78, 5) is 11.2. The number of carbonyl (C=O) groups is 1. The Morgan fingerprint density at radius 3 is 2.06 bits per heavy atom. The molecular formula is C27H52N3O+. The molecule has 1 aliphatic rings. The average molecular weight is 435 g/mol. The lowest BCUT2D eigenvalue weighted by atomic mass is 10.0. The lowest BCUT2D eigenvalue weighted by Gasteiger charge is -2.37. The summed E-state index contributed by atoms with van der Waals surface area (Å²) in [5, 5.41) is 6.48. The van der Waals surface area contributed by atoms with E-state index in [-0.39, 0.29) is 5.91 Å². The summed E-state index contributed by atoms with van der Waals surface area (Å²) in [5.74, 6) is 0.0580. The van der Waals surface area contributed by atoms with E-state index in [4.69, 9.17) is 0 Å². The van der Waals surface area contributed by atoms with Crippen LogP contribution in [0.4, 0.5) is 0 Å². The quantitative estimate of drug-likeness (QED) is 0.126. The van der Waals surface area contributed by atoms with Crippen LogP contribution >= 0.6 is 0 Å². The minimum absolute atomic E-state index is 0.0580. The van der Waals surface area contributed by atoms with Gasteiger partial charge in [0.2, 0.25) is 5.91 Å². The molecule has 2 unspecified atom stereocenters. The number of amides is 1. The first-order valence-corrected chi connectivity index (χ1v) is 13.3. The SMILES string of the molecule is CCCCCCCCCCCCCC/C=C/CCC1NC=C[N+]1(CC)CCNC(C)=O. The number of rotatable bonds is 20. The van der Waals surface area contributed by atoms with Gasteiger partial charge >= 0.3 is 0 Å². The number of allylic oxidation sites excluding steroid dienone is 2. The molecule has 0 fully saturated rings. The van der Waals surface area contributed by atoms with Crippen LogP contribution < -0.4 is 10.6 Å². The largest absolute Gasteiger partial charge is 0.351 e. The number of unbranched alkanes of at least 4 members (excludes halogenated alkanes) is 12. The van der Waals surface area contributed by atoms with E-state index < -0.39 is 0 Å². The molecule has 1 rings (SSSR count). The van der Waals surface area contributed by atoms with Gasteiger partial charge in [-0.15, -0.1) is 0 Å². The first-order valence-electron chi connectivity index (χ1n) is 13.3. The van der Waals surface area contributed by atoms with Crippen molar-refractivity contribution in [2.45, 2.75) is 123 Å². The van der Waals surface area contributed by atoms with Crippen molar-refractivity contribution in [1.82, 2.24) is 10.6 Å². The Bertz CT molecular complexity index is 503. The third-order valence-electron chi connectivity index (χ3n) is 6.77. The molecule has 1 aliphatic heterocycles. The van der Waals surface area contributed by atoms with Crippen LogP contribution in [0.3, 0.4) is 0 Å². The molecule has 0 saturated heterocycles. The Balaban J connectivity index is 2.00. The molecule has 180 valence electrons. The van der Waals surface area contributed by atoms with Gasteiger partial charge in [0.05, 0.1) is 19.3 Å². The zero-order valence-electron chi connectivity index (χ0n) is 21.0. The molecule has 1 heterocycles. The second kappa shape index (κ2) is 18.3. The molecule has 0 aromatic heterocycles. The number of quaternary nitrogens is 1. The van der Waals surface area contributed by atoms with E-state index >= 15 is 0 Å². The summed E-state index contributed by atoms with van der Waals surface area (Å²) in [6.07, 6.45) is 30.0. The number of likely N-dealkylation sites (N-methyl/N-ethyl adjacent to an activating group) is 1. The van der Waals surface area contributed by atoms with Crippen molar-refractivity contribution < 1.29 is 9.28 Å². The van der Waals surface area contributed by atoms with Crippen molar-refractivity contribution >= 4 is 5.91 Å². The predicted molar refractivity (Wildman–Crippen MR) is 134 cm³/mol. The molecule has 0 aromatic carbocycles. The van der Waals surface area contributed by atoms with E-state index in [1.54, 1.807) is 6.92 Å². The van der Waals surface area contributed by atoms with E-state index in [2.05, 4.69) is 49.0 Å². The summed E-state index contributed by atoms with van der Waals surface area (Å²) in [6.45, 7) is 8.86. The summed E-state index contributed by atoms with van der Waals surface area (Å²) >= 11 is 0. The molecule has 2 atom stereocenters. The maximum atomic E-state index is 11.2. The van der Waals surface area contributed by atoms with Crippen molar-refractivity contribution in [2.75, 3.05) is 19.6 Å². The van der Waals surface area contributed by atoms with Gasteiger partial charge in [-0.3, -0.25) is 9.28 Å². The van der Waals surface area contributed by atoms with Gasteiger partial charge in [-0.05, 0) is 26.2 Å². The molecule has 0 saturated carbocycles. The molecule has 0 bridgehead atoms. The molecule has 0 radical (unpaired) electrons. The second-order valence-corrected chi connectivity index (χ2v) is 9.35. The second-order valence-electron chi connectivity index (χ2n) is 9.35. The van der Waals surface area contributed by atoms with Gasteiger partial charge in [0.15, 0.2) is 6.17 Å². The molecule has 4 nitrogen and oxygen atoms in total. The lowest BCUT2D eigenvalue weighted by Crippen LogP contribution is -2.55. The molecule has 0 aromatic rings. The van der Waals surface area contributed by atoms with Gasteiger partial charge < -0.3 is 10.6 Å². The Morgan fingerprint density at radius 1 is 0.903 bits per heavy atom. The minimum Gasteiger partial charge on any atom is -0.351 e. The van der Waals surface area contributed by atoms with E-state index in [0.29, 0.717) is 6.17 Å². The Morgan fingerprint density at radius 2 is 1.48 bits per heavy atom. The van der Waals surface area contributed by atoms with Crippen LogP contribution in [0.15, 0.2) is 24.6 Å². The maximum Gasteiger partial charge on any atom is 0.217 e. The van der Waals surface area contributed by atoms with Crippen LogP contribution in [-0.2, 0) is 4.79 Å². The van der Waals surface area contributed by atoms with Gasteiger partial charge in [0.25, 0.3) is 0 Å². The van der Waals surface area contributed by atoms with Gasteiger partial charge in [0.1, 0.15) is 12.7 Å². The zero-order chi connectivity index (χ0) is 22.6. The van der Waals surface area contributed by atoms with Crippen LogP contribution in [0.2, 0.25) is 0 Å². The number of carbonyl (C=O) groups excluding carboxylic acids is 1. The third-order valence-corrected chi connectivity index (χ3v) is 6.77. The molecule has 2 N–H and O–H groups in total. The standard InChI is InChI=1S/C27H51N3O/c1-4-6-7-8-9-10-11-12-13-14-15-16-17-18-19-20-21-27-29-23-25-30(27,5-2)24-22-28-26(3)31/h18-19,23,25,27,29H,4-17,20-22,24H2,1-3H3/p+1/b19-18+. The highest BCUT2D eigenvalue weighted by Gasteiger charge is 2.35. The zero-order valence-corrected chi connectivity index (χ0v) is 21.0. The van der Waals surface area contributed by atoms with Gasteiger partial charge in [-0.25, -0.2) is 0 Å². The highest BCUT2D eigenvalue weighted by atomic mass is 16.1. The molecule has 0 aliphatic carbocycles. The van der Waals surface area contributed by atoms with Crippen LogP contribution in [0.5, 0.6) is 0 Å². The Kier molecular flexibility index (Phi) is 16.4. The van der Waals surface area contributed by atoms with Crippen LogP contribution in [0.1, 0.15) is 117 Å². The van der Waals surface area contributed by atoms with E-state index in [1.165, 1.54) is 83.5 Å². The van der Waals surface area contributed by atoms with Crippen molar-refractivity contribution in [1.29, 1.82) is 0 Å². The van der Waals surface area contributed by atoms with Gasteiger partial charge in [-0.1, -0.05) is 89.7 Å². The summed E-state index contributed by atoms with van der Waals surface area (Å²) < 4.78 is 0.923. The summed E-state index contributed by atoms with van der Waals surface area (Å²) in [7, 11) is 0. The average Bonchev–Trinajstić information content (AvgIpc) is 3.16. The molecule has 4 heteroatoms. The first kappa shape index (κ1) is 27.7. The fourth-order valence-corrected chi connectivity index (χ4v) is 4.64. The van der Waals surface area contributed by atoms with Gasteiger partial charge in [-0.2, -0.15) is 0 Å². The van der Waals surface area contributed by atoms with Crippen molar-refractivity contribution in [3.8, 4) is 0 Å². The van der Waals surface area contributed by atoms with E-state index in [9.17, 15) is 4.79 Å². The van der Waals surface area contributed by atoms with Crippen LogP contribution in [0.25, 0.3) is 0 Å². The Hall–Kier alpha value is -1.29. The molecule has 31 heavy (non-hydrogen) atoms. The molecule has 0 spiro atoms. The number of nitrogens with zero attached hydrogens (tertiary/aromatic N) is 1. The minimum atomic E-state index is 0.0580. The van der Waals surface area contributed by atoms with Crippen molar-refractivity contribution in [3.05, 3.63) is 24.6 Å². The monoisotopic (exact) mass is 434 g/mol. The Labute approximate surface area is 193 Å². The maximum absolute atomic E-state index is 11.2. The smallest absolute Gasteiger partial charge is 0.217 e. The van der Waals surface area contributed by atoms with Crippen LogP contribution in [0, 0.1) is 0 Å². The fourth-order valence-electron chi connectivity index (χ4n) is 4.64. The highest BCUT2D eigenvalue weighted by molar-refractivity contribution is 5.72. The number of hydrogen-bond acceptors (Lipinski definition) is 2. The number of nitrogens with one attached hydrogen (secondary N) is 2. The predicted octanol–water partition coefficient (Wildman–Crippen LogP) is 6.79. The van der Waals surface area contributed by atoms with E-state index in [1.807, 2.05) is 0 Å². The van der Waals surface area contributed by atoms with Crippen molar-refractivity contribution in [3.63, 3.8) is 0 Å². The summed E-state index contributed by atoms with van der Waals surface area (Å²) in [5.41, 5.74) is 0. The van der Waals surface area contributed by atoms with E-state index in [0.717, 1.165) is 37.0 Å². The molecule has 1 amide bonds. The highest BCUT2D eigenvalue weighted by Crippen LogP contribution is 2.22. The number of hydrogen-bond donors (Lipinski definition) is 2. The third kappa shape index (κ3) is 13.0. The molecular weight excluding hydrogens is 382 g/mol. The lowest BCUT2D eigenvalue weighted by molar-refractivity contribution is -0.898. The van der Waals surface area contributed by atoms with Gasteiger partial charge in [0, 0.05) is 13.3 Å². The topological polar surface area (TPSA) is 41.1 Å². The van der Waals surface area contributed by atoms with Crippen LogP contribution in [-0.4, -0.2) is 36.2 Å².